The number of amides is 1. The lowest BCUT2D eigenvalue weighted by Gasteiger charge is -2.26. The number of carbonyl (C=O) groups is 1. The fourth-order valence-corrected chi connectivity index (χ4v) is 2.17. The molecular weight excluding hydrogens is 277 g/mol. The summed E-state index contributed by atoms with van der Waals surface area (Å²) in [6, 6.07) is 4.87. The van der Waals surface area contributed by atoms with Crippen molar-refractivity contribution in [2.75, 3.05) is 0 Å². The Morgan fingerprint density at radius 1 is 1.33 bits per heavy atom. The zero-order valence-electron chi connectivity index (χ0n) is 10.1. The fourth-order valence-electron chi connectivity index (χ4n) is 1.56. The first kappa shape index (κ1) is 15.1. The number of nitrogens with two attached hydrogens (primary N) is 1. The summed E-state index contributed by atoms with van der Waals surface area (Å²) in [5.41, 5.74) is 5.37. The Labute approximate surface area is 116 Å². The molecule has 0 saturated heterocycles. The lowest BCUT2D eigenvalue weighted by molar-refractivity contribution is -0.0184. The molecule has 0 bridgehead atoms. The quantitative estimate of drug-likeness (QED) is 0.895. The number of benzene rings is 1. The molecule has 2 atom stereocenters. The van der Waals surface area contributed by atoms with Gasteiger partial charge in [-0.3, -0.25) is 0 Å². The van der Waals surface area contributed by atoms with E-state index < -0.39 is 18.3 Å². The van der Waals surface area contributed by atoms with Gasteiger partial charge in [-0.05, 0) is 18.1 Å². The molecule has 100 valence electrons. The highest BCUT2D eigenvalue weighted by molar-refractivity contribution is 6.36. The van der Waals surface area contributed by atoms with Crippen LogP contribution in [-0.2, 0) is 4.74 Å². The van der Waals surface area contributed by atoms with E-state index in [1.165, 1.54) is 0 Å². The lowest BCUT2D eigenvalue weighted by Crippen LogP contribution is -2.30. The molecule has 6 heteroatoms. The topological polar surface area (TPSA) is 72.6 Å². The molecule has 18 heavy (non-hydrogen) atoms. The number of carbonyl (C=O) groups excluding carboxylic acids is 1. The van der Waals surface area contributed by atoms with Crippen molar-refractivity contribution in [2.24, 2.45) is 11.7 Å². The van der Waals surface area contributed by atoms with Crippen molar-refractivity contribution >= 4 is 29.3 Å². The first-order chi connectivity index (χ1) is 8.34. The third-order valence-electron chi connectivity index (χ3n) is 2.52. The maximum absolute atomic E-state index is 10.9. The van der Waals surface area contributed by atoms with E-state index in [4.69, 9.17) is 33.7 Å². The van der Waals surface area contributed by atoms with Crippen molar-refractivity contribution in [3.63, 3.8) is 0 Å². The predicted molar refractivity (Wildman–Crippen MR) is 70.7 cm³/mol. The Balaban J connectivity index is 3.21. The normalized spacial score (nSPS) is 14.3. The van der Waals surface area contributed by atoms with Crippen LogP contribution in [0.1, 0.15) is 25.5 Å². The van der Waals surface area contributed by atoms with Crippen LogP contribution in [0.2, 0.25) is 10.0 Å². The van der Waals surface area contributed by atoms with Crippen molar-refractivity contribution in [3.05, 3.63) is 33.8 Å². The number of hydrogen-bond donors (Lipinski definition) is 2. The number of aliphatic hydroxyl groups is 1. The van der Waals surface area contributed by atoms with Gasteiger partial charge in [-0.1, -0.05) is 43.1 Å². The van der Waals surface area contributed by atoms with Crippen molar-refractivity contribution in [1.82, 2.24) is 0 Å². The molecule has 0 spiro atoms. The molecule has 1 rings (SSSR count). The summed E-state index contributed by atoms with van der Waals surface area (Å²) in [5.74, 6) is -0.151. The first-order valence-corrected chi connectivity index (χ1v) is 6.18. The van der Waals surface area contributed by atoms with Crippen molar-refractivity contribution in [3.8, 4) is 0 Å². The molecule has 1 aromatic carbocycles. The van der Waals surface area contributed by atoms with E-state index in [1.54, 1.807) is 32.0 Å². The van der Waals surface area contributed by atoms with Gasteiger partial charge in [0.1, 0.15) is 0 Å². The second-order valence-electron chi connectivity index (χ2n) is 4.23. The average molecular weight is 292 g/mol. The van der Waals surface area contributed by atoms with Gasteiger partial charge >= 0.3 is 6.09 Å². The third-order valence-corrected chi connectivity index (χ3v) is 3.18. The van der Waals surface area contributed by atoms with Crippen LogP contribution in [0.5, 0.6) is 0 Å². The van der Waals surface area contributed by atoms with E-state index >= 15 is 0 Å². The van der Waals surface area contributed by atoms with Crippen LogP contribution in [0, 0.1) is 5.92 Å². The van der Waals surface area contributed by atoms with Crippen LogP contribution in [0.4, 0.5) is 4.79 Å². The SMILES string of the molecule is CC(C)[C@@H](O)[C@H](OC(N)=O)c1c(Cl)cccc1Cl. The number of rotatable bonds is 4. The summed E-state index contributed by atoms with van der Waals surface area (Å²) in [5, 5.41) is 10.7. The molecule has 0 saturated carbocycles. The highest BCUT2D eigenvalue weighted by Crippen LogP contribution is 2.36. The molecular formula is C12H15Cl2NO3. The lowest BCUT2D eigenvalue weighted by atomic mass is 9.96. The predicted octanol–water partition coefficient (Wildman–Crippen LogP) is 3.15. The molecule has 1 amide bonds. The highest BCUT2D eigenvalue weighted by Gasteiger charge is 2.30. The Morgan fingerprint density at radius 2 is 1.83 bits per heavy atom. The smallest absolute Gasteiger partial charge is 0.405 e. The van der Waals surface area contributed by atoms with Crippen molar-refractivity contribution in [2.45, 2.75) is 26.1 Å². The van der Waals surface area contributed by atoms with Crippen LogP contribution in [0.15, 0.2) is 18.2 Å². The summed E-state index contributed by atoms with van der Waals surface area (Å²) in [4.78, 5) is 10.9. The molecule has 3 N–H and O–H groups in total. The van der Waals surface area contributed by atoms with Gasteiger partial charge < -0.3 is 15.6 Å². The van der Waals surface area contributed by atoms with Crippen molar-refractivity contribution in [1.29, 1.82) is 0 Å². The molecule has 0 unspecified atom stereocenters. The van der Waals surface area contributed by atoms with Crippen LogP contribution in [0.3, 0.4) is 0 Å². The number of aliphatic hydroxyl groups excluding tert-OH is 1. The van der Waals surface area contributed by atoms with Crippen LogP contribution >= 0.6 is 23.2 Å². The molecule has 0 fully saturated rings. The second-order valence-corrected chi connectivity index (χ2v) is 5.04. The first-order valence-electron chi connectivity index (χ1n) is 5.42. The Hall–Kier alpha value is -0.970. The largest absolute Gasteiger partial charge is 0.439 e. The van der Waals surface area contributed by atoms with E-state index in [-0.39, 0.29) is 5.92 Å². The molecule has 4 nitrogen and oxygen atoms in total. The summed E-state index contributed by atoms with van der Waals surface area (Å²) in [6.45, 7) is 3.57. The van der Waals surface area contributed by atoms with Gasteiger partial charge in [0.05, 0.1) is 6.10 Å². The number of halogens is 2. The van der Waals surface area contributed by atoms with E-state index in [0.29, 0.717) is 15.6 Å². The van der Waals surface area contributed by atoms with Gasteiger partial charge in [-0.25, -0.2) is 4.79 Å². The van der Waals surface area contributed by atoms with Gasteiger partial charge in [0.15, 0.2) is 6.10 Å². The van der Waals surface area contributed by atoms with Gasteiger partial charge in [0.2, 0.25) is 0 Å². The fraction of sp³-hybridized carbons (Fsp3) is 0.417. The molecule has 0 aliphatic rings. The molecule has 0 aromatic heterocycles. The molecule has 1 aromatic rings. The highest BCUT2D eigenvalue weighted by atomic mass is 35.5. The number of ether oxygens (including phenoxy) is 1. The van der Waals surface area contributed by atoms with Crippen LogP contribution < -0.4 is 5.73 Å². The van der Waals surface area contributed by atoms with E-state index in [0.717, 1.165) is 0 Å². The van der Waals surface area contributed by atoms with Gasteiger partial charge in [0.25, 0.3) is 0 Å². The minimum absolute atomic E-state index is 0.151. The maximum atomic E-state index is 10.9. The van der Waals surface area contributed by atoms with Gasteiger partial charge in [0, 0.05) is 15.6 Å². The van der Waals surface area contributed by atoms with E-state index in [2.05, 4.69) is 0 Å². The van der Waals surface area contributed by atoms with Gasteiger partial charge in [-0.2, -0.15) is 0 Å². The van der Waals surface area contributed by atoms with Crippen LogP contribution in [0.25, 0.3) is 0 Å². The number of hydrogen-bond acceptors (Lipinski definition) is 3. The zero-order chi connectivity index (χ0) is 13.9. The third kappa shape index (κ3) is 3.51. The van der Waals surface area contributed by atoms with Crippen molar-refractivity contribution < 1.29 is 14.6 Å². The summed E-state index contributed by atoms with van der Waals surface area (Å²) < 4.78 is 4.94. The summed E-state index contributed by atoms with van der Waals surface area (Å²) >= 11 is 12.1. The van der Waals surface area contributed by atoms with E-state index in [1.807, 2.05) is 0 Å². The minimum Gasteiger partial charge on any atom is -0.439 e. The minimum atomic E-state index is -0.990. The zero-order valence-corrected chi connectivity index (χ0v) is 11.6. The molecule has 0 aliphatic carbocycles. The summed E-state index contributed by atoms with van der Waals surface area (Å²) in [6.07, 6.45) is -2.92. The monoisotopic (exact) mass is 291 g/mol. The summed E-state index contributed by atoms with van der Waals surface area (Å²) in [7, 11) is 0. The Morgan fingerprint density at radius 3 is 2.22 bits per heavy atom. The Kier molecular flexibility index (Phi) is 5.26. The van der Waals surface area contributed by atoms with Crippen LogP contribution in [-0.4, -0.2) is 17.3 Å². The number of primary amides is 1. The molecule has 0 heterocycles. The standard InChI is InChI=1S/C12H15Cl2NO3/c1-6(2)10(16)11(18-12(15)17)9-7(13)4-3-5-8(9)14/h3-6,10-11,16H,1-2H3,(H2,15,17)/t10-,11-/m1/s1. The van der Waals surface area contributed by atoms with E-state index in [9.17, 15) is 9.90 Å². The average Bonchev–Trinajstić information content (AvgIpc) is 2.25. The second kappa shape index (κ2) is 6.27. The maximum Gasteiger partial charge on any atom is 0.405 e. The molecule has 0 radical (unpaired) electrons. The Bertz CT molecular complexity index is 417. The molecule has 0 aliphatic heterocycles. The van der Waals surface area contributed by atoms with Gasteiger partial charge in [-0.15, -0.1) is 0 Å².